The summed E-state index contributed by atoms with van der Waals surface area (Å²) in [5.41, 5.74) is 6.63. The van der Waals surface area contributed by atoms with Crippen LogP contribution < -0.4 is 10.9 Å². The highest BCUT2D eigenvalue weighted by Gasteiger charge is 2.39. The van der Waals surface area contributed by atoms with Crippen LogP contribution in [0.2, 0.25) is 0 Å². The first-order valence-corrected chi connectivity index (χ1v) is 9.72. The Kier molecular flexibility index (Phi) is 3.93. The summed E-state index contributed by atoms with van der Waals surface area (Å²) >= 11 is 0. The van der Waals surface area contributed by atoms with Crippen molar-refractivity contribution in [2.24, 2.45) is 0 Å². The molecule has 0 aromatic carbocycles. The van der Waals surface area contributed by atoms with E-state index in [2.05, 4.69) is 5.32 Å². The number of carboxylic acids is 1. The van der Waals surface area contributed by atoms with Gasteiger partial charge >= 0.3 is 5.97 Å². The fraction of sp³-hybridized carbons (Fsp3) is 0.364. The summed E-state index contributed by atoms with van der Waals surface area (Å²) in [6, 6.07) is 2.74. The lowest BCUT2D eigenvalue weighted by Crippen LogP contribution is -2.36. The number of dihydropyridines is 1. The fourth-order valence-corrected chi connectivity index (χ4v) is 5.06. The van der Waals surface area contributed by atoms with Gasteiger partial charge in [-0.15, -0.1) is 0 Å². The minimum Gasteiger partial charge on any atom is -0.479 e. The van der Waals surface area contributed by atoms with E-state index in [9.17, 15) is 19.1 Å². The number of aliphatic carboxylic acids is 1. The molecule has 0 saturated carbocycles. The van der Waals surface area contributed by atoms with E-state index in [1.807, 2.05) is 6.92 Å². The number of nitrogens with zero attached hydrogens (tertiary/aromatic N) is 1. The zero-order chi connectivity index (χ0) is 20.4. The van der Waals surface area contributed by atoms with Gasteiger partial charge in [-0.1, -0.05) is 0 Å². The van der Waals surface area contributed by atoms with Gasteiger partial charge in [0.15, 0.2) is 6.10 Å². The zero-order valence-electron chi connectivity index (χ0n) is 16.2. The molecule has 4 aliphatic rings. The molecule has 2 aliphatic carbocycles. The van der Waals surface area contributed by atoms with Gasteiger partial charge in [0.25, 0.3) is 5.56 Å². The summed E-state index contributed by atoms with van der Waals surface area (Å²) < 4.78 is 21.2. The van der Waals surface area contributed by atoms with Crippen LogP contribution in [-0.4, -0.2) is 28.8 Å². The highest BCUT2D eigenvalue weighted by molar-refractivity contribution is 5.80. The van der Waals surface area contributed by atoms with Gasteiger partial charge in [0.1, 0.15) is 5.83 Å². The van der Waals surface area contributed by atoms with Gasteiger partial charge in [-0.2, -0.15) is 0 Å². The number of methoxy groups -OCH3 is 1. The van der Waals surface area contributed by atoms with Crippen LogP contribution in [-0.2, 0) is 16.1 Å². The molecule has 2 aliphatic heterocycles. The number of carboxylic acid groups (broad SMARTS) is 1. The molecule has 0 fully saturated rings. The number of allylic oxidation sites excluding steroid dienone is 4. The number of nitrogens with one attached hydrogen (secondary N) is 1. The SMILES string of the molecule is COC(C(=O)O)c1cc2n(c(=O)c1)CC1=C2N[C@H]2C=C(F)C(C)=C3CCCC1=C32. The number of halogens is 1. The second-order valence-corrected chi connectivity index (χ2v) is 7.89. The number of ether oxygens (including phenoxy) is 1. The molecule has 0 amide bonds. The normalized spacial score (nSPS) is 23.3. The molecule has 6 nitrogen and oxygen atoms in total. The quantitative estimate of drug-likeness (QED) is 0.821. The van der Waals surface area contributed by atoms with Gasteiger partial charge in [0.2, 0.25) is 0 Å². The summed E-state index contributed by atoms with van der Waals surface area (Å²) in [4.78, 5) is 24.3. The molecule has 1 aromatic heterocycles. The average molecular weight is 396 g/mol. The van der Waals surface area contributed by atoms with Crippen LogP contribution in [0.4, 0.5) is 4.39 Å². The van der Waals surface area contributed by atoms with Gasteiger partial charge in [-0.25, -0.2) is 9.18 Å². The van der Waals surface area contributed by atoms with E-state index in [1.54, 1.807) is 16.7 Å². The van der Waals surface area contributed by atoms with Crippen molar-refractivity contribution >= 4 is 11.7 Å². The highest BCUT2D eigenvalue weighted by atomic mass is 19.1. The van der Waals surface area contributed by atoms with E-state index in [4.69, 9.17) is 4.74 Å². The zero-order valence-corrected chi connectivity index (χ0v) is 16.2. The lowest BCUT2D eigenvalue weighted by atomic mass is 9.74. The second-order valence-electron chi connectivity index (χ2n) is 7.89. The third-order valence-corrected chi connectivity index (χ3v) is 6.39. The molecule has 2 N–H and O–H groups in total. The Balaban J connectivity index is 1.69. The topological polar surface area (TPSA) is 80.6 Å². The summed E-state index contributed by atoms with van der Waals surface area (Å²) in [5, 5.41) is 12.8. The van der Waals surface area contributed by atoms with Gasteiger partial charge in [-0.3, -0.25) is 4.79 Å². The second kappa shape index (κ2) is 6.29. The van der Waals surface area contributed by atoms with Crippen molar-refractivity contribution in [2.75, 3.05) is 7.11 Å². The molecule has 2 atom stereocenters. The number of aromatic nitrogens is 1. The lowest BCUT2D eigenvalue weighted by Gasteiger charge is -2.37. The Labute approximate surface area is 166 Å². The Morgan fingerprint density at radius 3 is 2.79 bits per heavy atom. The molecular weight excluding hydrogens is 375 g/mol. The molecule has 0 bridgehead atoms. The average Bonchev–Trinajstić information content (AvgIpc) is 3.06. The Morgan fingerprint density at radius 1 is 1.31 bits per heavy atom. The molecule has 7 heteroatoms. The van der Waals surface area contributed by atoms with Gasteiger partial charge in [-0.05, 0) is 66.2 Å². The highest BCUT2D eigenvalue weighted by Crippen LogP contribution is 2.47. The maximum atomic E-state index is 14.5. The minimum atomic E-state index is -1.21. The first kappa shape index (κ1) is 18.1. The predicted molar refractivity (Wildman–Crippen MR) is 105 cm³/mol. The first-order valence-electron chi connectivity index (χ1n) is 9.72. The fourth-order valence-electron chi connectivity index (χ4n) is 5.06. The van der Waals surface area contributed by atoms with E-state index in [0.717, 1.165) is 41.7 Å². The molecular formula is C22H21FN2O4. The number of hydrogen-bond donors (Lipinski definition) is 2. The maximum Gasteiger partial charge on any atom is 0.337 e. The molecule has 3 heterocycles. The first-order chi connectivity index (χ1) is 13.9. The number of pyridine rings is 1. The number of hydrogen-bond acceptors (Lipinski definition) is 4. The van der Waals surface area contributed by atoms with E-state index in [1.165, 1.54) is 18.7 Å². The smallest absolute Gasteiger partial charge is 0.337 e. The van der Waals surface area contributed by atoms with Crippen molar-refractivity contribution in [3.63, 3.8) is 0 Å². The van der Waals surface area contributed by atoms with E-state index in [-0.39, 0.29) is 17.4 Å². The third-order valence-electron chi connectivity index (χ3n) is 6.39. The molecule has 29 heavy (non-hydrogen) atoms. The Bertz CT molecular complexity index is 1150. The maximum absolute atomic E-state index is 14.5. The monoisotopic (exact) mass is 396 g/mol. The van der Waals surface area contributed by atoms with Crippen LogP contribution in [0.5, 0.6) is 0 Å². The standard InChI is InChI=1S/C22H21FN2O4/c1-10-12-4-3-5-13-14-9-25-17(20(14)24-16(19(12)13)8-15(10)23)6-11(7-18(25)26)21(29-2)22(27)28/h6-8,16,21,24H,3-5,9H2,1-2H3,(H,27,28)/t16-,21?/m0/s1. The Morgan fingerprint density at radius 2 is 2.07 bits per heavy atom. The summed E-state index contributed by atoms with van der Waals surface area (Å²) in [6.45, 7) is 2.26. The van der Waals surface area contributed by atoms with Crippen molar-refractivity contribution in [3.05, 3.63) is 73.5 Å². The van der Waals surface area contributed by atoms with Crippen molar-refractivity contribution in [1.82, 2.24) is 9.88 Å². The van der Waals surface area contributed by atoms with Crippen molar-refractivity contribution in [3.8, 4) is 0 Å². The molecule has 5 rings (SSSR count). The summed E-state index contributed by atoms with van der Waals surface area (Å²) in [5.74, 6) is -1.36. The van der Waals surface area contributed by atoms with Gasteiger partial charge < -0.3 is 19.7 Å². The molecule has 1 unspecified atom stereocenters. The molecule has 1 aromatic rings. The van der Waals surface area contributed by atoms with E-state index < -0.39 is 12.1 Å². The Hall–Kier alpha value is -2.93. The largest absolute Gasteiger partial charge is 0.479 e. The van der Waals surface area contributed by atoms with E-state index in [0.29, 0.717) is 23.4 Å². The molecule has 0 radical (unpaired) electrons. The molecule has 0 saturated heterocycles. The van der Waals surface area contributed by atoms with Crippen molar-refractivity contribution < 1.29 is 19.0 Å². The third kappa shape index (κ3) is 2.50. The van der Waals surface area contributed by atoms with Crippen LogP contribution in [0.25, 0.3) is 5.70 Å². The summed E-state index contributed by atoms with van der Waals surface area (Å²) in [7, 11) is 1.30. The lowest BCUT2D eigenvalue weighted by molar-refractivity contribution is -0.148. The van der Waals surface area contributed by atoms with E-state index >= 15 is 0 Å². The number of rotatable bonds is 3. The molecule has 0 spiro atoms. The van der Waals surface area contributed by atoms with Crippen LogP contribution in [0.3, 0.4) is 0 Å². The van der Waals surface area contributed by atoms with Gasteiger partial charge in [0.05, 0.1) is 24.0 Å². The van der Waals surface area contributed by atoms with Crippen molar-refractivity contribution in [1.29, 1.82) is 0 Å². The van der Waals surface area contributed by atoms with Crippen molar-refractivity contribution in [2.45, 2.75) is 44.9 Å². The van der Waals surface area contributed by atoms with Crippen LogP contribution >= 0.6 is 0 Å². The van der Waals surface area contributed by atoms with Gasteiger partial charge in [0, 0.05) is 18.7 Å². The summed E-state index contributed by atoms with van der Waals surface area (Å²) in [6.07, 6.45) is 3.09. The van der Waals surface area contributed by atoms with Crippen LogP contribution in [0, 0.1) is 0 Å². The number of carbonyl (C=O) groups is 1. The van der Waals surface area contributed by atoms with Crippen LogP contribution in [0.15, 0.2) is 56.7 Å². The number of fused-ring (bicyclic) bond motifs is 3. The minimum absolute atomic E-state index is 0.207. The van der Waals surface area contributed by atoms with Crippen LogP contribution in [0.1, 0.15) is 43.5 Å². The molecule has 150 valence electrons. The predicted octanol–water partition coefficient (Wildman–Crippen LogP) is 2.98.